The molecule has 0 N–H and O–H groups in total. The maximum absolute atomic E-state index is 6.05. The van der Waals surface area contributed by atoms with Crippen LogP contribution in [0.25, 0.3) is 0 Å². The summed E-state index contributed by atoms with van der Waals surface area (Å²) in [6.07, 6.45) is 12.0. The van der Waals surface area contributed by atoms with Gasteiger partial charge in [-0.25, -0.2) is 0 Å². The van der Waals surface area contributed by atoms with Crippen LogP contribution in [-0.4, -0.2) is 22.2 Å². The lowest BCUT2D eigenvalue weighted by molar-refractivity contribution is 0.583. The van der Waals surface area contributed by atoms with Gasteiger partial charge in [0.15, 0.2) is 0 Å². The van der Waals surface area contributed by atoms with E-state index in [2.05, 4.69) is 21.2 Å². The molecular formula is C12H23B3. The lowest BCUT2D eigenvalue weighted by Crippen LogP contribution is -2.09. The standard InChI is InChI=1S/C12H23B3/c1-14-15-12-9-4-2-3-7-11(13)8-5-6-10-12/h11-12H,2-10H2,1H3. The van der Waals surface area contributed by atoms with Crippen LogP contribution in [0.15, 0.2) is 0 Å². The molecule has 2 atom stereocenters. The van der Waals surface area contributed by atoms with Crippen LogP contribution in [0.2, 0.25) is 18.5 Å². The Balaban J connectivity index is 2.26. The predicted molar refractivity (Wildman–Crippen MR) is 72.2 cm³/mol. The molecule has 1 saturated carbocycles. The molecule has 15 heavy (non-hydrogen) atoms. The van der Waals surface area contributed by atoms with Crippen molar-refractivity contribution in [1.29, 1.82) is 0 Å². The van der Waals surface area contributed by atoms with E-state index in [9.17, 15) is 0 Å². The molecule has 0 heterocycles. The van der Waals surface area contributed by atoms with E-state index in [1.54, 1.807) is 0 Å². The van der Waals surface area contributed by atoms with Gasteiger partial charge >= 0.3 is 0 Å². The highest BCUT2D eigenvalue weighted by atomic mass is 14.1. The van der Waals surface area contributed by atoms with Gasteiger partial charge in [-0.05, 0) is 0 Å². The smallest absolute Gasteiger partial charge is 0.0699 e. The molecule has 1 aliphatic rings. The summed E-state index contributed by atoms with van der Waals surface area (Å²) in [4.78, 5) is 0. The fraction of sp³-hybridized carbons (Fsp3) is 1.00. The highest BCUT2D eigenvalue weighted by molar-refractivity contribution is 7.00. The van der Waals surface area contributed by atoms with E-state index >= 15 is 0 Å². The van der Waals surface area contributed by atoms with Crippen LogP contribution in [0.1, 0.15) is 57.8 Å². The van der Waals surface area contributed by atoms with Gasteiger partial charge in [0.25, 0.3) is 0 Å². The largest absolute Gasteiger partial charge is 0.0999 e. The molecule has 0 bridgehead atoms. The molecule has 2 unspecified atom stereocenters. The van der Waals surface area contributed by atoms with E-state index in [1.165, 1.54) is 57.8 Å². The molecule has 0 aromatic rings. The Morgan fingerprint density at radius 3 is 2.07 bits per heavy atom. The summed E-state index contributed by atoms with van der Waals surface area (Å²) in [6, 6.07) is 0. The van der Waals surface area contributed by atoms with Crippen LogP contribution < -0.4 is 0 Å². The normalized spacial score (nSPS) is 30.2. The number of hydrogen-bond donors (Lipinski definition) is 0. The molecule has 1 rings (SSSR count). The minimum Gasteiger partial charge on any atom is -0.0999 e. The van der Waals surface area contributed by atoms with Crippen molar-refractivity contribution in [2.45, 2.75) is 76.2 Å². The van der Waals surface area contributed by atoms with Crippen LogP contribution in [-0.2, 0) is 0 Å². The first kappa shape index (κ1) is 13.3. The predicted octanol–water partition coefficient (Wildman–Crippen LogP) is 3.63. The van der Waals surface area contributed by atoms with E-state index in [1.807, 2.05) is 0 Å². The van der Waals surface area contributed by atoms with Crippen LogP contribution in [0, 0.1) is 0 Å². The molecular weight excluding hydrogens is 177 g/mol. The highest BCUT2D eigenvalue weighted by Gasteiger charge is 2.10. The Morgan fingerprint density at radius 2 is 1.40 bits per heavy atom. The zero-order valence-electron chi connectivity index (χ0n) is 10.3. The van der Waals surface area contributed by atoms with Crippen LogP contribution in [0.3, 0.4) is 0 Å². The van der Waals surface area contributed by atoms with Crippen molar-refractivity contribution in [1.82, 2.24) is 0 Å². The third-order valence-electron chi connectivity index (χ3n) is 3.51. The first-order valence-electron chi connectivity index (χ1n) is 6.71. The van der Waals surface area contributed by atoms with Crippen molar-refractivity contribution < 1.29 is 0 Å². The molecule has 0 nitrogen and oxygen atoms in total. The van der Waals surface area contributed by atoms with Gasteiger partial charge in [0.05, 0.1) is 22.2 Å². The summed E-state index contributed by atoms with van der Waals surface area (Å²) in [6.45, 7) is 2.14. The Morgan fingerprint density at radius 1 is 0.867 bits per heavy atom. The third kappa shape index (κ3) is 6.38. The van der Waals surface area contributed by atoms with Crippen molar-refractivity contribution >= 4 is 22.2 Å². The number of hydrogen-bond acceptors (Lipinski definition) is 0. The van der Waals surface area contributed by atoms with Crippen LogP contribution in [0.4, 0.5) is 0 Å². The van der Waals surface area contributed by atoms with Crippen molar-refractivity contribution in [2.24, 2.45) is 0 Å². The highest BCUT2D eigenvalue weighted by Crippen LogP contribution is 2.27. The molecule has 0 amide bonds. The van der Waals surface area contributed by atoms with Gasteiger partial charge in [-0.3, -0.25) is 0 Å². The fourth-order valence-corrected chi connectivity index (χ4v) is 2.56. The van der Waals surface area contributed by atoms with Crippen LogP contribution >= 0.6 is 0 Å². The van der Waals surface area contributed by atoms with Gasteiger partial charge in [0, 0.05) is 0 Å². The van der Waals surface area contributed by atoms with Gasteiger partial charge in [-0.15, -0.1) is 0 Å². The Bertz CT molecular complexity index is 150. The summed E-state index contributed by atoms with van der Waals surface area (Å²) in [7, 11) is 10.7. The molecule has 0 aromatic carbocycles. The lowest BCUT2D eigenvalue weighted by atomic mass is 9.34. The summed E-state index contributed by atoms with van der Waals surface area (Å²) < 4.78 is 0. The van der Waals surface area contributed by atoms with Crippen molar-refractivity contribution in [3.63, 3.8) is 0 Å². The average Bonchev–Trinajstić information content (AvgIpc) is 2.26. The average molecular weight is 200 g/mol. The minimum absolute atomic E-state index is 0.475. The molecule has 0 aromatic heterocycles. The van der Waals surface area contributed by atoms with Gasteiger partial charge in [0.1, 0.15) is 0 Å². The maximum atomic E-state index is 6.05. The fourth-order valence-electron chi connectivity index (χ4n) is 2.56. The number of rotatable bonds is 2. The van der Waals surface area contributed by atoms with Gasteiger partial charge in [-0.1, -0.05) is 76.2 Å². The van der Waals surface area contributed by atoms with E-state index in [4.69, 9.17) is 7.85 Å². The zero-order chi connectivity index (χ0) is 10.9. The van der Waals surface area contributed by atoms with Crippen LogP contribution in [0.5, 0.6) is 0 Å². The second kappa shape index (κ2) is 8.36. The van der Waals surface area contributed by atoms with Crippen molar-refractivity contribution in [2.75, 3.05) is 0 Å². The van der Waals surface area contributed by atoms with Crippen molar-refractivity contribution in [3.05, 3.63) is 0 Å². The van der Waals surface area contributed by atoms with Gasteiger partial charge in [0.2, 0.25) is 0 Å². The Kier molecular flexibility index (Phi) is 7.39. The Hall–Kier alpha value is 0.195. The quantitative estimate of drug-likeness (QED) is 0.596. The molecule has 1 fully saturated rings. The molecule has 1 aliphatic carbocycles. The Labute approximate surface area is 98.9 Å². The van der Waals surface area contributed by atoms with E-state index < -0.39 is 0 Å². The van der Waals surface area contributed by atoms with Gasteiger partial charge in [-0.2, -0.15) is 0 Å². The van der Waals surface area contributed by atoms with E-state index in [0.29, 0.717) is 5.82 Å². The van der Waals surface area contributed by atoms with E-state index in [0.717, 1.165) is 5.82 Å². The molecule has 3 heteroatoms. The third-order valence-corrected chi connectivity index (χ3v) is 3.51. The second-order valence-corrected chi connectivity index (χ2v) is 4.97. The molecule has 80 valence electrons. The summed E-state index contributed by atoms with van der Waals surface area (Å²) in [5, 5.41) is 0. The molecule has 4 radical (unpaired) electrons. The van der Waals surface area contributed by atoms with Gasteiger partial charge < -0.3 is 0 Å². The molecule has 0 aliphatic heterocycles. The molecule has 0 saturated heterocycles. The maximum Gasteiger partial charge on any atom is 0.0699 e. The molecule has 0 spiro atoms. The van der Waals surface area contributed by atoms with Crippen molar-refractivity contribution in [3.8, 4) is 0 Å². The monoisotopic (exact) mass is 200 g/mol. The SMILES string of the molecule is [B]C1CCCCCC([B][B]C)CCCC1. The summed E-state index contributed by atoms with van der Waals surface area (Å²) in [5.74, 6) is 1.31. The van der Waals surface area contributed by atoms with E-state index in [-0.39, 0.29) is 0 Å². The summed E-state index contributed by atoms with van der Waals surface area (Å²) in [5.41, 5.74) is 0. The summed E-state index contributed by atoms with van der Waals surface area (Å²) >= 11 is 0. The second-order valence-electron chi connectivity index (χ2n) is 4.97. The first-order chi connectivity index (χ1) is 7.33. The zero-order valence-corrected chi connectivity index (χ0v) is 10.3. The minimum atomic E-state index is 0.475. The first-order valence-corrected chi connectivity index (χ1v) is 6.71. The topological polar surface area (TPSA) is 0 Å². The lowest BCUT2D eigenvalue weighted by Gasteiger charge is -2.14.